The molecule has 5 heteroatoms. The summed E-state index contributed by atoms with van der Waals surface area (Å²) >= 11 is 0. The number of oxime groups is 1. The highest BCUT2D eigenvalue weighted by Crippen LogP contribution is 2.09. The van der Waals surface area contributed by atoms with E-state index in [1.165, 1.54) is 6.92 Å². The molecule has 0 fully saturated rings. The number of hydrogen-bond acceptors (Lipinski definition) is 4. The van der Waals surface area contributed by atoms with Crippen molar-refractivity contribution in [3.63, 3.8) is 0 Å². The van der Waals surface area contributed by atoms with E-state index >= 15 is 0 Å². The number of aliphatic hydroxyl groups excluding tert-OH is 1. The van der Waals surface area contributed by atoms with E-state index in [4.69, 9.17) is 15.7 Å². The van der Waals surface area contributed by atoms with Gasteiger partial charge >= 0.3 is 0 Å². The molecular formula is C11H14N2O3. The molecule has 0 spiro atoms. The third kappa shape index (κ3) is 3.36. The van der Waals surface area contributed by atoms with Gasteiger partial charge in [-0.05, 0) is 18.1 Å². The Kier molecular flexibility index (Phi) is 4.47. The molecule has 0 heterocycles. The predicted octanol–water partition coefficient (Wildman–Crippen LogP) is 0.557. The second kappa shape index (κ2) is 5.87. The second-order valence-electron chi connectivity index (χ2n) is 3.24. The lowest BCUT2D eigenvalue weighted by molar-refractivity contribution is -0.112. The van der Waals surface area contributed by atoms with Crippen LogP contribution in [0.2, 0.25) is 0 Å². The molecule has 0 aliphatic heterocycles. The standard InChI is InChI=1S/C11H14N2O3/c1-8(11(12)15)13-16-7-10-5-3-2-4-9(10)6-14/h2-5,14H,6-7H2,1H3,(H2,12,15)/b13-8+. The zero-order valence-corrected chi connectivity index (χ0v) is 9.01. The number of nitrogens with two attached hydrogens (primary N) is 1. The summed E-state index contributed by atoms with van der Waals surface area (Å²) in [4.78, 5) is 15.6. The molecule has 0 radical (unpaired) electrons. The van der Waals surface area contributed by atoms with Gasteiger partial charge in [0.25, 0.3) is 5.91 Å². The molecule has 3 N–H and O–H groups in total. The molecule has 0 unspecified atom stereocenters. The molecule has 0 bridgehead atoms. The van der Waals surface area contributed by atoms with Crippen molar-refractivity contribution in [3.8, 4) is 0 Å². The molecule has 5 nitrogen and oxygen atoms in total. The summed E-state index contributed by atoms with van der Waals surface area (Å²) in [5.74, 6) is -0.615. The lowest BCUT2D eigenvalue weighted by Crippen LogP contribution is -2.20. The SMILES string of the molecule is C/C(=N\OCc1ccccc1CO)C(N)=O. The van der Waals surface area contributed by atoms with Crippen molar-refractivity contribution in [2.45, 2.75) is 20.1 Å². The number of hydrogen-bond donors (Lipinski definition) is 2. The maximum atomic E-state index is 10.6. The summed E-state index contributed by atoms with van der Waals surface area (Å²) in [7, 11) is 0. The molecule has 86 valence electrons. The largest absolute Gasteiger partial charge is 0.392 e. The molecule has 0 atom stereocenters. The minimum absolute atomic E-state index is 0.0575. The monoisotopic (exact) mass is 222 g/mol. The number of amides is 1. The van der Waals surface area contributed by atoms with Crippen LogP contribution in [0.5, 0.6) is 0 Å². The van der Waals surface area contributed by atoms with E-state index in [0.717, 1.165) is 11.1 Å². The minimum atomic E-state index is -0.615. The van der Waals surface area contributed by atoms with Crippen molar-refractivity contribution in [3.05, 3.63) is 35.4 Å². The molecule has 0 aromatic heterocycles. The van der Waals surface area contributed by atoms with E-state index in [1.807, 2.05) is 18.2 Å². The number of primary amides is 1. The van der Waals surface area contributed by atoms with Crippen LogP contribution < -0.4 is 5.73 Å². The van der Waals surface area contributed by atoms with Crippen LogP contribution in [0, 0.1) is 0 Å². The van der Waals surface area contributed by atoms with Crippen LogP contribution in [0.25, 0.3) is 0 Å². The normalized spacial score (nSPS) is 11.2. The molecule has 1 amide bonds. The summed E-state index contributed by atoms with van der Waals surface area (Å²) in [6, 6.07) is 7.28. The van der Waals surface area contributed by atoms with Gasteiger partial charge in [0.15, 0.2) is 0 Å². The minimum Gasteiger partial charge on any atom is -0.392 e. The van der Waals surface area contributed by atoms with Crippen molar-refractivity contribution < 1.29 is 14.7 Å². The average Bonchev–Trinajstić information content (AvgIpc) is 2.29. The van der Waals surface area contributed by atoms with Gasteiger partial charge in [-0.15, -0.1) is 0 Å². The second-order valence-corrected chi connectivity index (χ2v) is 3.24. The number of carbonyl (C=O) groups is 1. The van der Waals surface area contributed by atoms with Gasteiger partial charge in [-0.25, -0.2) is 0 Å². The maximum Gasteiger partial charge on any atom is 0.266 e. The molecule has 0 aliphatic rings. The Morgan fingerprint density at radius 2 is 2.06 bits per heavy atom. The Balaban J connectivity index is 2.61. The summed E-state index contributed by atoms with van der Waals surface area (Å²) < 4.78 is 0. The van der Waals surface area contributed by atoms with E-state index in [1.54, 1.807) is 6.07 Å². The molecular weight excluding hydrogens is 208 g/mol. The predicted molar refractivity (Wildman–Crippen MR) is 59.5 cm³/mol. The highest BCUT2D eigenvalue weighted by molar-refractivity contribution is 6.37. The van der Waals surface area contributed by atoms with E-state index < -0.39 is 5.91 Å². The van der Waals surface area contributed by atoms with Crippen LogP contribution in [-0.4, -0.2) is 16.7 Å². The van der Waals surface area contributed by atoms with Crippen LogP contribution in [0.15, 0.2) is 29.4 Å². The van der Waals surface area contributed by atoms with Crippen molar-refractivity contribution >= 4 is 11.6 Å². The molecule has 1 aromatic rings. The van der Waals surface area contributed by atoms with Gasteiger partial charge in [0.05, 0.1) is 6.61 Å². The first kappa shape index (κ1) is 12.2. The van der Waals surface area contributed by atoms with E-state index in [9.17, 15) is 4.79 Å². The Morgan fingerprint density at radius 1 is 1.44 bits per heavy atom. The lowest BCUT2D eigenvalue weighted by atomic mass is 10.1. The number of aliphatic hydroxyl groups is 1. The van der Waals surface area contributed by atoms with Crippen molar-refractivity contribution in [1.29, 1.82) is 0 Å². The van der Waals surface area contributed by atoms with Crippen LogP contribution in [0.4, 0.5) is 0 Å². The fraction of sp³-hybridized carbons (Fsp3) is 0.273. The Bertz CT molecular complexity index is 402. The molecule has 16 heavy (non-hydrogen) atoms. The molecule has 1 rings (SSSR count). The summed E-state index contributed by atoms with van der Waals surface area (Å²) in [6.45, 7) is 1.61. The maximum absolute atomic E-state index is 10.6. The third-order valence-corrected chi connectivity index (χ3v) is 2.07. The van der Waals surface area contributed by atoms with Gasteiger partial charge in [-0.3, -0.25) is 4.79 Å². The van der Waals surface area contributed by atoms with Crippen LogP contribution >= 0.6 is 0 Å². The Hall–Kier alpha value is -1.88. The van der Waals surface area contributed by atoms with Crippen LogP contribution in [0.3, 0.4) is 0 Å². The lowest BCUT2D eigenvalue weighted by Gasteiger charge is -2.05. The smallest absolute Gasteiger partial charge is 0.266 e. The third-order valence-electron chi connectivity index (χ3n) is 2.07. The van der Waals surface area contributed by atoms with Gasteiger partial charge in [0.2, 0.25) is 0 Å². The van der Waals surface area contributed by atoms with Gasteiger partial charge in [0, 0.05) is 0 Å². The highest BCUT2D eigenvalue weighted by Gasteiger charge is 2.02. The number of rotatable bonds is 5. The van der Waals surface area contributed by atoms with Crippen molar-refractivity contribution in [2.75, 3.05) is 0 Å². The van der Waals surface area contributed by atoms with Crippen LogP contribution in [0.1, 0.15) is 18.1 Å². The highest BCUT2D eigenvalue weighted by atomic mass is 16.6. The first-order chi connectivity index (χ1) is 7.65. The van der Waals surface area contributed by atoms with Gasteiger partial charge in [-0.1, -0.05) is 29.4 Å². The van der Waals surface area contributed by atoms with E-state index in [2.05, 4.69) is 5.16 Å². The summed E-state index contributed by atoms with van der Waals surface area (Å²) in [6.07, 6.45) is 0. The summed E-state index contributed by atoms with van der Waals surface area (Å²) in [5.41, 5.74) is 6.69. The number of nitrogens with zero attached hydrogens (tertiary/aromatic N) is 1. The molecule has 0 aliphatic carbocycles. The topological polar surface area (TPSA) is 84.9 Å². The van der Waals surface area contributed by atoms with E-state index in [0.29, 0.717) is 0 Å². The first-order valence-electron chi connectivity index (χ1n) is 4.79. The fourth-order valence-electron chi connectivity index (χ4n) is 1.10. The fourth-order valence-corrected chi connectivity index (χ4v) is 1.10. The molecule has 0 saturated heterocycles. The summed E-state index contributed by atoms with van der Waals surface area (Å²) in [5, 5.41) is 12.6. The average molecular weight is 222 g/mol. The molecule has 1 aromatic carbocycles. The molecule has 0 saturated carbocycles. The Morgan fingerprint density at radius 3 is 2.62 bits per heavy atom. The zero-order valence-electron chi connectivity index (χ0n) is 9.01. The zero-order chi connectivity index (χ0) is 12.0. The number of carbonyl (C=O) groups excluding carboxylic acids is 1. The first-order valence-corrected chi connectivity index (χ1v) is 4.79. The van der Waals surface area contributed by atoms with Gasteiger partial charge in [0.1, 0.15) is 12.3 Å². The quantitative estimate of drug-likeness (QED) is 0.563. The van der Waals surface area contributed by atoms with Crippen molar-refractivity contribution in [2.24, 2.45) is 10.9 Å². The van der Waals surface area contributed by atoms with E-state index in [-0.39, 0.29) is 18.9 Å². The van der Waals surface area contributed by atoms with Crippen molar-refractivity contribution in [1.82, 2.24) is 0 Å². The Labute approximate surface area is 93.5 Å². The van der Waals surface area contributed by atoms with Gasteiger partial charge in [-0.2, -0.15) is 0 Å². The van der Waals surface area contributed by atoms with Gasteiger partial charge < -0.3 is 15.7 Å². The van der Waals surface area contributed by atoms with Crippen LogP contribution in [-0.2, 0) is 22.8 Å². The number of benzene rings is 1.